The Labute approximate surface area is 93.3 Å². The number of aromatic nitrogens is 2. The third-order valence-corrected chi connectivity index (χ3v) is 2.16. The molecule has 0 saturated carbocycles. The van der Waals surface area contributed by atoms with Crippen LogP contribution in [0, 0.1) is 0 Å². The summed E-state index contributed by atoms with van der Waals surface area (Å²) in [4.78, 5) is 14.3. The second-order valence-corrected chi connectivity index (χ2v) is 3.48. The topological polar surface area (TPSA) is 54.6 Å². The van der Waals surface area contributed by atoms with Crippen LogP contribution in [0.25, 0.3) is 5.65 Å². The van der Waals surface area contributed by atoms with Gasteiger partial charge in [-0.1, -0.05) is 0 Å². The fraction of sp³-hybridized carbons (Fsp3) is 0.200. The molecular weight excluding hydrogens is 237 g/mol. The first kappa shape index (κ1) is 11.4. The zero-order valence-corrected chi connectivity index (χ0v) is 8.40. The van der Waals surface area contributed by atoms with Crippen molar-refractivity contribution in [1.29, 1.82) is 0 Å². The predicted molar refractivity (Wildman–Crippen MR) is 51.5 cm³/mol. The van der Waals surface area contributed by atoms with E-state index in [0.29, 0.717) is 0 Å². The number of nitrogens with zero attached hydrogens (tertiary/aromatic N) is 2. The van der Waals surface area contributed by atoms with E-state index < -0.39 is 17.7 Å². The summed E-state index contributed by atoms with van der Waals surface area (Å²) in [5.41, 5.74) is -0.296. The van der Waals surface area contributed by atoms with Gasteiger partial charge in [0, 0.05) is 12.4 Å². The third-order valence-electron chi connectivity index (χ3n) is 2.16. The molecule has 0 aliphatic heterocycles. The number of aliphatic carboxylic acids is 1. The van der Waals surface area contributed by atoms with E-state index in [4.69, 9.17) is 5.11 Å². The number of alkyl halides is 3. The van der Waals surface area contributed by atoms with Crippen molar-refractivity contribution in [2.45, 2.75) is 12.6 Å². The number of hydrogen-bond acceptors (Lipinski definition) is 2. The van der Waals surface area contributed by atoms with Crippen molar-refractivity contribution in [3.05, 3.63) is 35.8 Å². The van der Waals surface area contributed by atoms with Crippen LogP contribution in [0.15, 0.2) is 24.5 Å². The molecule has 0 radical (unpaired) electrons. The van der Waals surface area contributed by atoms with Crippen LogP contribution in [0.4, 0.5) is 13.2 Å². The summed E-state index contributed by atoms with van der Waals surface area (Å²) in [6.45, 7) is 0. The molecule has 2 heterocycles. The maximum absolute atomic E-state index is 12.4. The van der Waals surface area contributed by atoms with Crippen LogP contribution < -0.4 is 0 Å². The van der Waals surface area contributed by atoms with Crippen LogP contribution in [-0.2, 0) is 17.4 Å². The second kappa shape index (κ2) is 3.76. The smallest absolute Gasteiger partial charge is 0.417 e. The fourth-order valence-electron chi connectivity index (χ4n) is 1.45. The Morgan fingerprint density at radius 3 is 2.65 bits per heavy atom. The van der Waals surface area contributed by atoms with Crippen molar-refractivity contribution in [2.24, 2.45) is 0 Å². The Balaban J connectivity index is 2.44. The summed E-state index contributed by atoms with van der Waals surface area (Å²) in [6.07, 6.45) is -2.58. The van der Waals surface area contributed by atoms with Gasteiger partial charge in [0.15, 0.2) is 0 Å². The molecule has 0 fully saturated rings. The average Bonchev–Trinajstić information content (AvgIpc) is 2.55. The molecule has 7 heteroatoms. The summed E-state index contributed by atoms with van der Waals surface area (Å²) in [5, 5.41) is 8.55. The van der Waals surface area contributed by atoms with Gasteiger partial charge in [-0.15, -0.1) is 0 Å². The average molecular weight is 244 g/mol. The largest absolute Gasteiger partial charge is 0.481 e. The minimum absolute atomic E-state index is 0.219. The Hall–Kier alpha value is -2.05. The highest BCUT2D eigenvalue weighted by Gasteiger charge is 2.30. The van der Waals surface area contributed by atoms with Crippen molar-refractivity contribution < 1.29 is 23.1 Å². The van der Waals surface area contributed by atoms with Gasteiger partial charge in [0.1, 0.15) is 5.65 Å². The SMILES string of the molecule is O=C(O)Cc1cn2cc(C(F)(F)F)ccc2n1. The van der Waals surface area contributed by atoms with Crippen molar-refractivity contribution in [3.8, 4) is 0 Å². The lowest BCUT2D eigenvalue weighted by Gasteiger charge is -2.05. The van der Waals surface area contributed by atoms with Crippen LogP contribution in [0.3, 0.4) is 0 Å². The van der Waals surface area contributed by atoms with E-state index in [1.165, 1.54) is 16.7 Å². The minimum Gasteiger partial charge on any atom is -0.481 e. The van der Waals surface area contributed by atoms with Gasteiger partial charge in [-0.3, -0.25) is 4.79 Å². The van der Waals surface area contributed by atoms with Crippen molar-refractivity contribution in [3.63, 3.8) is 0 Å². The van der Waals surface area contributed by atoms with E-state index in [1.54, 1.807) is 0 Å². The second-order valence-electron chi connectivity index (χ2n) is 3.48. The lowest BCUT2D eigenvalue weighted by molar-refractivity contribution is -0.138. The van der Waals surface area contributed by atoms with E-state index in [1.807, 2.05) is 0 Å². The lowest BCUT2D eigenvalue weighted by atomic mass is 10.3. The summed E-state index contributed by atoms with van der Waals surface area (Å²) < 4.78 is 38.4. The summed E-state index contributed by atoms with van der Waals surface area (Å²) in [6, 6.07) is 2.11. The molecule has 2 aromatic heterocycles. The Morgan fingerprint density at radius 2 is 2.06 bits per heavy atom. The molecule has 0 unspecified atom stereocenters. The monoisotopic (exact) mass is 244 g/mol. The number of carbonyl (C=O) groups is 1. The molecule has 0 aromatic carbocycles. The molecule has 2 aromatic rings. The quantitative estimate of drug-likeness (QED) is 0.878. The zero-order valence-electron chi connectivity index (χ0n) is 8.40. The molecule has 0 saturated heterocycles. The first-order chi connectivity index (χ1) is 7.86. The highest BCUT2D eigenvalue weighted by molar-refractivity contribution is 5.69. The molecule has 2 rings (SSSR count). The maximum atomic E-state index is 12.4. The van der Waals surface area contributed by atoms with Crippen molar-refractivity contribution in [1.82, 2.24) is 9.38 Å². The first-order valence-electron chi connectivity index (χ1n) is 4.63. The third kappa shape index (κ3) is 2.38. The van der Waals surface area contributed by atoms with E-state index in [0.717, 1.165) is 12.3 Å². The van der Waals surface area contributed by atoms with Crippen LogP contribution in [0.5, 0.6) is 0 Å². The number of pyridine rings is 1. The minimum atomic E-state index is -4.43. The van der Waals surface area contributed by atoms with E-state index >= 15 is 0 Å². The molecule has 1 N–H and O–H groups in total. The molecule has 4 nitrogen and oxygen atoms in total. The molecule has 0 aliphatic carbocycles. The van der Waals surface area contributed by atoms with Gasteiger partial charge in [0.05, 0.1) is 17.7 Å². The number of carboxylic acid groups (broad SMARTS) is 1. The van der Waals surface area contributed by atoms with Crippen LogP contribution in [-0.4, -0.2) is 20.5 Å². The molecule has 0 atom stereocenters. The Bertz CT molecular complexity index is 574. The molecule has 0 aliphatic rings. The number of rotatable bonds is 2. The lowest BCUT2D eigenvalue weighted by Crippen LogP contribution is -2.05. The van der Waals surface area contributed by atoms with Gasteiger partial charge in [0.25, 0.3) is 0 Å². The van der Waals surface area contributed by atoms with E-state index in [9.17, 15) is 18.0 Å². The van der Waals surface area contributed by atoms with Crippen molar-refractivity contribution >= 4 is 11.6 Å². The maximum Gasteiger partial charge on any atom is 0.417 e. The Kier molecular flexibility index (Phi) is 2.53. The van der Waals surface area contributed by atoms with E-state index in [-0.39, 0.29) is 17.8 Å². The van der Waals surface area contributed by atoms with Crippen LogP contribution in [0.2, 0.25) is 0 Å². The van der Waals surface area contributed by atoms with E-state index in [2.05, 4.69) is 4.98 Å². The van der Waals surface area contributed by atoms with Crippen molar-refractivity contribution in [2.75, 3.05) is 0 Å². The number of carboxylic acids is 1. The molecule has 0 spiro atoms. The highest BCUT2D eigenvalue weighted by Crippen LogP contribution is 2.29. The molecule has 0 amide bonds. The molecule has 90 valence electrons. The van der Waals surface area contributed by atoms with Crippen LogP contribution >= 0.6 is 0 Å². The number of fused-ring (bicyclic) bond motifs is 1. The van der Waals surface area contributed by atoms with Gasteiger partial charge in [-0.2, -0.15) is 13.2 Å². The van der Waals surface area contributed by atoms with Gasteiger partial charge >= 0.3 is 12.1 Å². The highest BCUT2D eigenvalue weighted by atomic mass is 19.4. The predicted octanol–water partition coefficient (Wildman–Crippen LogP) is 1.98. The first-order valence-corrected chi connectivity index (χ1v) is 4.63. The fourth-order valence-corrected chi connectivity index (χ4v) is 1.45. The standard InChI is InChI=1S/C10H7F3N2O2/c11-10(12,13)6-1-2-8-14-7(3-9(16)17)5-15(8)4-6/h1-2,4-5H,3H2,(H,16,17). The number of halogens is 3. The summed E-state index contributed by atoms with van der Waals surface area (Å²) >= 11 is 0. The van der Waals surface area contributed by atoms with Gasteiger partial charge < -0.3 is 9.51 Å². The zero-order chi connectivity index (χ0) is 12.6. The summed E-state index contributed by atoms with van der Waals surface area (Å²) in [5.74, 6) is -1.08. The number of imidazole rings is 1. The normalized spacial score (nSPS) is 11.9. The Morgan fingerprint density at radius 1 is 1.35 bits per heavy atom. The molecule has 0 bridgehead atoms. The van der Waals surface area contributed by atoms with Crippen LogP contribution in [0.1, 0.15) is 11.3 Å². The van der Waals surface area contributed by atoms with Gasteiger partial charge in [0.2, 0.25) is 0 Å². The van der Waals surface area contributed by atoms with Gasteiger partial charge in [-0.25, -0.2) is 4.98 Å². The van der Waals surface area contributed by atoms with Gasteiger partial charge in [-0.05, 0) is 12.1 Å². The number of hydrogen-bond donors (Lipinski definition) is 1. The molecular formula is C10H7F3N2O2. The summed E-state index contributed by atoms with van der Waals surface area (Å²) in [7, 11) is 0. The molecule has 17 heavy (non-hydrogen) atoms.